The zero-order chi connectivity index (χ0) is 14.0. The summed E-state index contributed by atoms with van der Waals surface area (Å²) >= 11 is 0. The molecule has 4 nitrogen and oxygen atoms in total. The number of nitrogens with one attached hydrogen (secondary N) is 1. The third-order valence-corrected chi connectivity index (χ3v) is 4.03. The van der Waals surface area contributed by atoms with Crippen molar-refractivity contribution >= 4 is 5.91 Å². The lowest BCUT2D eigenvalue weighted by atomic mass is 9.93. The van der Waals surface area contributed by atoms with E-state index in [1.807, 2.05) is 0 Å². The molecule has 2 aliphatic heterocycles. The lowest BCUT2D eigenvalue weighted by Crippen LogP contribution is -2.52. The van der Waals surface area contributed by atoms with Crippen molar-refractivity contribution in [1.29, 1.82) is 0 Å². The van der Waals surface area contributed by atoms with Crippen LogP contribution in [-0.4, -0.2) is 54.4 Å². The van der Waals surface area contributed by atoms with Gasteiger partial charge in [0, 0.05) is 32.2 Å². The van der Waals surface area contributed by atoms with Gasteiger partial charge in [-0.1, -0.05) is 0 Å². The van der Waals surface area contributed by atoms with Crippen LogP contribution in [0.25, 0.3) is 0 Å². The molecule has 2 saturated heterocycles. The normalized spacial score (nSPS) is 32.6. The second kappa shape index (κ2) is 5.66. The van der Waals surface area contributed by atoms with E-state index in [9.17, 15) is 18.0 Å². The number of aliphatic hydroxyl groups excluding tert-OH is 1. The Morgan fingerprint density at radius 1 is 1.32 bits per heavy atom. The maximum absolute atomic E-state index is 12.5. The highest BCUT2D eigenvalue weighted by molar-refractivity contribution is 5.82. The van der Waals surface area contributed by atoms with Crippen LogP contribution < -0.4 is 5.32 Å². The minimum Gasteiger partial charge on any atom is -0.396 e. The molecule has 2 heterocycles. The fraction of sp³-hybridized carbons (Fsp3) is 0.917. The van der Waals surface area contributed by atoms with Crippen molar-refractivity contribution < 1.29 is 23.1 Å². The van der Waals surface area contributed by atoms with Gasteiger partial charge in [0.2, 0.25) is 5.91 Å². The van der Waals surface area contributed by atoms with E-state index in [1.165, 1.54) is 0 Å². The number of carbonyl (C=O) groups excluding carboxylic acids is 1. The molecule has 19 heavy (non-hydrogen) atoms. The molecule has 7 heteroatoms. The molecule has 2 aliphatic rings. The standard InChI is InChI=1S/C12H19F3N2O2/c13-12(14,15)9-1-2-10(16-5-9)11(19)17-4-3-8(6-17)7-18/h8-10,16,18H,1-7H2. The van der Waals surface area contributed by atoms with Crippen LogP contribution in [0.3, 0.4) is 0 Å². The van der Waals surface area contributed by atoms with Crippen molar-refractivity contribution in [2.75, 3.05) is 26.2 Å². The number of halogens is 3. The average molecular weight is 280 g/mol. The molecule has 3 unspecified atom stereocenters. The molecule has 0 aliphatic carbocycles. The van der Waals surface area contributed by atoms with E-state index in [-0.39, 0.29) is 37.8 Å². The average Bonchev–Trinajstić information content (AvgIpc) is 2.86. The van der Waals surface area contributed by atoms with Gasteiger partial charge in [-0.2, -0.15) is 13.2 Å². The van der Waals surface area contributed by atoms with Crippen LogP contribution in [-0.2, 0) is 4.79 Å². The van der Waals surface area contributed by atoms with E-state index in [4.69, 9.17) is 5.11 Å². The van der Waals surface area contributed by atoms with Gasteiger partial charge in [0.1, 0.15) is 0 Å². The number of piperidine rings is 1. The van der Waals surface area contributed by atoms with Gasteiger partial charge in [-0.15, -0.1) is 0 Å². The van der Waals surface area contributed by atoms with E-state index in [0.29, 0.717) is 13.1 Å². The molecule has 2 rings (SSSR count). The first-order chi connectivity index (χ1) is 8.91. The van der Waals surface area contributed by atoms with Crippen LogP contribution >= 0.6 is 0 Å². The molecule has 0 radical (unpaired) electrons. The third kappa shape index (κ3) is 3.39. The number of nitrogens with zero attached hydrogens (tertiary/aromatic N) is 1. The van der Waals surface area contributed by atoms with Gasteiger partial charge in [0.05, 0.1) is 12.0 Å². The number of rotatable bonds is 2. The van der Waals surface area contributed by atoms with Crippen LogP contribution in [0.4, 0.5) is 13.2 Å². The maximum Gasteiger partial charge on any atom is 0.393 e. The third-order valence-electron chi connectivity index (χ3n) is 4.03. The van der Waals surface area contributed by atoms with Gasteiger partial charge >= 0.3 is 6.18 Å². The first-order valence-corrected chi connectivity index (χ1v) is 6.61. The number of carbonyl (C=O) groups is 1. The SMILES string of the molecule is O=C(C1CCC(C(F)(F)F)CN1)N1CCC(CO)C1. The molecule has 2 fully saturated rings. The molecular weight excluding hydrogens is 261 g/mol. The first-order valence-electron chi connectivity index (χ1n) is 6.61. The molecule has 3 atom stereocenters. The second-order valence-electron chi connectivity index (χ2n) is 5.40. The highest BCUT2D eigenvalue weighted by Crippen LogP contribution is 2.32. The summed E-state index contributed by atoms with van der Waals surface area (Å²) < 4.78 is 37.5. The monoisotopic (exact) mass is 280 g/mol. The Morgan fingerprint density at radius 2 is 2.05 bits per heavy atom. The predicted molar refractivity (Wildman–Crippen MR) is 62.3 cm³/mol. The topological polar surface area (TPSA) is 52.6 Å². The van der Waals surface area contributed by atoms with Crippen LogP contribution in [0.2, 0.25) is 0 Å². The van der Waals surface area contributed by atoms with E-state index < -0.39 is 18.1 Å². The molecule has 0 spiro atoms. The smallest absolute Gasteiger partial charge is 0.393 e. The van der Waals surface area contributed by atoms with Crippen LogP contribution in [0.1, 0.15) is 19.3 Å². The van der Waals surface area contributed by atoms with Crippen molar-refractivity contribution in [2.24, 2.45) is 11.8 Å². The Bertz CT molecular complexity index is 327. The largest absolute Gasteiger partial charge is 0.396 e. The molecule has 0 aromatic heterocycles. The number of alkyl halides is 3. The summed E-state index contributed by atoms with van der Waals surface area (Å²) in [5.74, 6) is -1.37. The Kier molecular flexibility index (Phi) is 4.35. The molecule has 2 N–H and O–H groups in total. The van der Waals surface area contributed by atoms with Crippen LogP contribution in [0.5, 0.6) is 0 Å². The summed E-state index contributed by atoms with van der Waals surface area (Å²) in [5.41, 5.74) is 0. The van der Waals surface area contributed by atoms with Crippen LogP contribution in [0.15, 0.2) is 0 Å². The van der Waals surface area contributed by atoms with E-state index in [2.05, 4.69) is 5.32 Å². The molecular formula is C12H19F3N2O2. The molecule has 0 aromatic rings. The van der Waals surface area contributed by atoms with Crippen LogP contribution in [0, 0.1) is 11.8 Å². The van der Waals surface area contributed by atoms with Gasteiger partial charge < -0.3 is 15.3 Å². The van der Waals surface area contributed by atoms with E-state index in [0.717, 1.165) is 6.42 Å². The second-order valence-corrected chi connectivity index (χ2v) is 5.40. The number of aliphatic hydroxyl groups is 1. The Labute approximate surface area is 110 Å². The molecule has 0 saturated carbocycles. The molecule has 0 aromatic carbocycles. The first kappa shape index (κ1) is 14.6. The van der Waals surface area contributed by atoms with Crippen molar-refractivity contribution in [3.63, 3.8) is 0 Å². The Hall–Kier alpha value is -0.820. The van der Waals surface area contributed by atoms with E-state index >= 15 is 0 Å². The molecule has 110 valence electrons. The van der Waals surface area contributed by atoms with Gasteiger partial charge in [-0.3, -0.25) is 4.79 Å². The van der Waals surface area contributed by atoms with Gasteiger partial charge in [0.25, 0.3) is 0 Å². The summed E-state index contributed by atoms with van der Waals surface area (Å²) in [4.78, 5) is 13.8. The molecule has 1 amide bonds. The van der Waals surface area contributed by atoms with Gasteiger partial charge in [-0.05, 0) is 19.3 Å². The van der Waals surface area contributed by atoms with Crippen molar-refractivity contribution in [3.05, 3.63) is 0 Å². The van der Waals surface area contributed by atoms with Crippen molar-refractivity contribution in [2.45, 2.75) is 31.5 Å². The maximum atomic E-state index is 12.5. The number of hydrogen-bond donors (Lipinski definition) is 2. The summed E-state index contributed by atoms with van der Waals surface area (Å²) in [5, 5.41) is 11.7. The summed E-state index contributed by atoms with van der Waals surface area (Å²) in [6.45, 7) is 0.969. The zero-order valence-corrected chi connectivity index (χ0v) is 10.6. The summed E-state index contributed by atoms with van der Waals surface area (Å²) in [6, 6.07) is -0.504. The Balaban J connectivity index is 1.83. The fourth-order valence-electron chi connectivity index (χ4n) is 2.75. The van der Waals surface area contributed by atoms with Gasteiger partial charge in [-0.25, -0.2) is 0 Å². The number of hydrogen-bond acceptors (Lipinski definition) is 3. The highest BCUT2D eigenvalue weighted by Gasteiger charge is 2.43. The fourth-order valence-corrected chi connectivity index (χ4v) is 2.75. The van der Waals surface area contributed by atoms with Crippen molar-refractivity contribution in [1.82, 2.24) is 10.2 Å². The predicted octanol–water partition coefficient (Wildman–Crippen LogP) is 0.758. The lowest BCUT2D eigenvalue weighted by molar-refractivity contribution is -0.180. The van der Waals surface area contributed by atoms with E-state index in [1.54, 1.807) is 4.90 Å². The zero-order valence-electron chi connectivity index (χ0n) is 10.6. The minimum atomic E-state index is -4.18. The summed E-state index contributed by atoms with van der Waals surface area (Å²) in [6.07, 6.45) is -3.19. The quantitative estimate of drug-likeness (QED) is 0.785. The molecule has 0 bridgehead atoms. The van der Waals surface area contributed by atoms with Gasteiger partial charge in [0.15, 0.2) is 0 Å². The lowest BCUT2D eigenvalue weighted by Gasteiger charge is -2.32. The number of likely N-dealkylation sites (tertiary alicyclic amines) is 1. The highest BCUT2D eigenvalue weighted by atomic mass is 19.4. The summed E-state index contributed by atoms with van der Waals surface area (Å²) in [7, 11) is 0. The Morgan fingerprint density at radius 3 is 2.53 bits per heavy atom. The minimum absolute atomic E-state index is 0.00414. The number of amides is 1. The van der Waals surface area contributed by atoms with Crippen molar-refractivity contribution in [3.8, 4) is 0 Å².